The highest BCUT2D eigenvalue weighted by atomic mass is 35.5. The van der Waals surface area contributed by atoms with E-state index in [0.29, 0.717) is 29.2 Å². The van der Waals surface area contributed by atoms with Crippen molar-refractivity contribution in [3.63, 3.8) is 0 Å². The minimum Gasteiger partial charge on any atom is -0.513 e. The summed E-state index contributed by atoms with van der Waals surface area (Å²) in [5.41, 5.74) is 2.71. The SMILES string of the molecule is C/C(O)=C(\C)CC/C(O)=C(\C)C(=O)O.CC.CC(CCCN(CCCl)CCCl)Nc1ccnc2cc(Cl)ccc12. The van der Waals surface area contributed by atoms with Gasteiger partial charge in [0.15, 0.2) is 0 Å². The normalized spacial score (nSPS) is 12.8. The second-order valence-corrected chi connectivity index (χ2v) is 10.4. The van der Waals surface area contributed by atoms with Crippen LogP contribution in [0.4, 0.5) is 5.69 Å². The number of hydrogen-bond acceptors (Lipinski definition) is 6. The van der Waals surface area contributed by atoms with E-state index in [1.807, 2.05) is 44.3 Å². The molecule has 1 unspecified atom stereocenters. The molecule has 0 saturated heterocycles. The molecule has 2 aromatic rings. The average Bonchev–Trinajstić information content (AvgIpc) is 2.92. The van der Waals surface area contributed by atoms with E-state index < -0.39 is 5.97 Å². The van der Waals surface area contributed by atoms with Crippen molar-refractivity contribution in [1.82, 2.24) is 9.88 Å². The third-order valence-electron chi connectivity index (χ3n) is 6.13. The average molecular weight is 619 g/mol. The molecular weight excluding hydrogens is 573 g/mol. The van der Waals surface area contributed by atoms with E-state index in [1.54, 1.807) is 13.8 Å². The van der Waals surface area contributed by atoms with Gasteiger partial charge in [0.05, 0.1) is 16.8 Å². The molecule has 0 radical (unpaired) electrons. The predicted octanol–water partition coefficient (Wildman–Crippen LogP) is 8.81. The Hall–Kier alpha value is -2.19. The standard InChI is InChI=1S/C18H24Cl3N3.C10H16O4.C2H6/c1-14(3-2-10-24(11-7-19)12-8-20)23-17-6-9-22-18-13-15(21)4-5-16(17)18;1-6(8(3)11)4-5-9(12)7(2)10(13)14;1-2/h4-6,9,13-14H,2-3,7-8,10-12H2,1H3,(H,22,23);11-12H,4-5H2,1-3H3,(H,13,14);1-2H3/b;8-6-,9-7-;. The van der Waals surface area contributed by atoms with Crippen molar-refractivity contribution < 1.29 is 20.1 Å². The van der Waals surface area contributed by atoms with Crippen LogP contribution in [0.3, 0.4) is 0 Å². The van der Waals surface area contributed by atoms with Crippen LogP contribution in [-0.4, -0.2) is 68.6 Å². The maximum Gasteiger partial charge on any atom is 0.334 e. The number of carboxylic acids is 1. The van der Waals surface area contributed by atoms with Crippen LogP contribution < -0.4 is 5.32 Å². The molecule has 226 valence electrons. The Labute approximate surface area is 254 Å². The van der Waals surface area contributed by atoms with Crippen molar-refractivity contribution in [1.29, 1.82) is 0 Å². The molecule has 10 heteroatoms. The minimum atomic E-state index is -1.12. The van der Waals surface area contributed by atoms with Gasteiger partial charge in [-0.15, -0.1) is 23.2 Å². The highest BCUT2D eigenvalue weighted by Gasteiger charge is 2.10. The quantitative estimate of drug-likeness (QED) is 0.0952. The van der Waals surface area contributed by atoms with Crippen LogP contribution in [0.2, 0.25) is 5.02 Å². The number of benzene rings is 1. The second-order valence-electron chi connectivity index (χ2n) is 9.17. The van der Waals surface area contributed by atoms with Gasteiger partial charge < -0.3 is 25.5 Å². The lowest BCUT2D eigenvalue weighted by molar-refractivity contribution is -0.132. The summed E-state index contributed by atoms with van der Waals surface area (Å²) in [6, 6.07) is 8.20. The first kappa shape index (κ1) is 37.8. The molecule has 0 spiro atoms. The number of allylic oxidation sites excluding steroid dienone is 3. The maximum absolute atomic E-state index is 10.4. The third-order valence-corrected chi connectivity index (χ3v) is 6.70. The zero-order valence-corrected chi connectivity index (χ0v) is 26.9. The topological polar surface area (TPSA) is 106 Å². The summed E-state index contributed by atoms with van der Waals surface area (Å²) in [4.78, 5) is 17.1. The van der Waals surface area contributed by atoms with Crippen LogP contribution in [0.1, 0.15) is 67.2 Å². The Balaban J connectivity index is 0.000000815. The van der Waals surface area contributed by atoms with Gasteiger partial charge >= 0.3 is 5.97 Å². The number of aliphatic carboxylic acids is 1. The third kappa shape index (κ3) is 15.0. The van der Waals surface area contributed by atoms with Crippen molar-refractivity contribution in [2.75, 3.05) is 36.7 Å². The molecule has 7 nitrogen and oxygen atoms in total. The number of carboxylic acid groups (broad SMARTS) is 1. The molecule has 4 N–H and O–H groups in total. The van der Waals surface area contributed by atoms with Gasteiger partial charge in [0.2, 0.25) is 0 Å². The minimum absolute atomic E-state index is 0.0478. The van der Waals surface area contributed by atoms with E-state index >= 15 is 0 Å². The van der Waals surface area contributed by atoms with Gasteiger partial charge in [-0.2, -0.15) is 0 Å². The van der Waals surface area contributed by atoms with Crippen molar-refractivity contribution in [3.05, 3.63) is 58.1 Å². The number of aliphatic hydroxyl groups is 2. The van der Waals surface area contributed by atoms with E-state index in [0.717, 1.165) is 54.6 Å². The van der Waals surface area contributed by atoms with Crippen molar-refractivity contribution >= 4 is 57.4 Å². The molecule has 0 aliphatic rings. The van der Waals surface area contributed by atoms with E-state index in [9.17, 15) is 9.90 Å². The smallest absolute Gasteiger partial charge is 0.334 e. The van der Waals surface area contributed by atoms with Crippen molar-refractivity contribution in [3.8, 4) is 0 Å². The molecule has 0 saturated carbocycles. The summed E-state index contributed by atoms with van der Waals surface area (Å²) in [7, 11) is 0. The van der Waals surface area contributed by atoms with E-state index in [4.69, 9.17) is 45.0 Å². The summed E-state index contributed by atoms with van der Waals surface area (Å²) >= 11 is 17.7. The van der Waals surface area contributed by atoms with Gasteiger partial charge in [0.25, 0.3) is 0 Å². The lowest BCUT2D eigenvalue weighted by atomic mass is 10.1. The first-order valence-corrected chi connectivity index (χ1v) is 15.1. The number of carbonyl (C=O) groups is 1. The Morgan fingerprint density at radius 1 is 1.00 bits per heavy atom. The van der Waals surface area contributed by atoms with Crippen LogP contribution in [-0.2, 0) is 4.79 Å². The zero-order valence-electron chi connectivity index (χ0n) is 24.6. The van der Waals surface area contributed by atoms with Crippen LogP contribution >= 0.6 is 34.8 Å². The number of nitrogens with one attached hydrogen (secondary N) is 1. The number of fused-ring (bicyclic) bond motifs is 1. The van der Waals surface area contributed by atoms with Gasteiger partial charge in [-0.1, -0.05) is 25.4 Å². The Kier molecular flexibility index (Phi) is 20.4. The molecule has 0 amide bonds. The molecule has 0 fully saturated rings. The monoisotopic (exact) mass is 617 g/mol. The molecule has 0 bridgehead atoms. The molecule has 1 heterocycles. The van der Waals surface area contributed by atoms with Crippen LogP contribution in [0.25, 0.3) is 10.9 Å². The Bertz CT molecular complexity index is 1080. The molecular formula is C30H46Cl3N3O4. The summed E-state index contributed by atoms with van der Waals surface area (Å²) in [6.45, 7) is 13.7. The first-order valence-electron chi connectivity index (χ1n) is 13.6. The molecule has 2 rings (SSSR count). The number of anilines is 1. The lowest BCUT2D eigenvalue weighted by Crippen LogP contribution is -2.30. The van der Waals surface area contributed by atoms with Crippen molar-refractivity contribution in [2.24, 2.45) is 0 Å². The summed E-state index contributed by atoms with van der Waals surface area (Å²) in [6.07, 6.45) is 4.70. The lowest BCUT2D eigenvalue weighted by Gasteiger charge is -2.22. The number of aliphatic hydroxyl groups excluding tert-OH is 2. The molecule has 1 aromatic heterocycles. The number of halogens is 3. The summed E-state index contributed by atoms with van der Waals surface area (Å²) < 4.78 is 0. The number of nitrogens with zero attached hydrogens (tertiary/aromatic N) is 2. The number of alkyl halides is 2. The fourth-order valence-corrected chi connectivity index (χ4v) is 4.22. The number of rotatable bonds is 14. The molecule has 0 aliphatic carbocycles. The van der Waals surface area contributed by atoms with Crippen LogP contribution in [0, 0.1) is 0 Å². The van der Waals surface area contributed by atoms with Gasteiger partial charge in [0.1, 0.15) is 5.76 Å². The van der Waals surface area contributed by atoms with Gasteiger partial charge in [-0.3, -0.25) is 4.98 Å². The second kappa shape index (κ2) is 21.5. The Morgan fingerprint density at radius 2 is 1.62 bits per heavy atom. The van der Waals surface area contributed by atoms with Crippen LogP contribution in [0.15, 0.2) is 53.1 Å². The maximum atomic E-state index is 10.4. The molecule has 40 heavy (non-hydrogen) atoms. The fraction of sp³-hybridized carbons (Fsp3) is 0.533. The van der Waals surface area contributed by atoms with Crippen LogP contribution in [0.5, 0.6) is 0 Å². The number of aromatic nitrogens is 1. The largest absolute Gasteiger partial charge is 0.513 e. The highest BCUT2D eigenvalue weighted by Crippen LogP contribution is 2.25. The van der Waals surface area contributed by atoms with E-state index in [-0.39, 0.29) is 23.5 Å². The van der Waals surface area contributed by atoms with E-state index in [1.165, 1.54) is 6.92 Å². The number of hydrogen-bond donors (Lipinski definition) is 4. The Morgan fingerprint density at radius 3 is 2.17 bits per heavy atom. The van der Waals surface area contributed by atoms with Gasteiger partial charge in [0, 0.05) is 59.6 Å². The summed E-state index contributed by atoms with van der Waals surface area (Å²) in [5, 5.41) is 32.3. The highest BCUT2D eigenvalue weighted by molar-refractivity contribution is 6.31. The molecule has 1 atom stereocenters. The fourth-order valence-electron chi connectivity index (χ4n) is 3.58. The molecule has 1 aromatic carbocycles. The molecule has 0 aliphatic heterocycles. The summed E-state index contributed by atoms with van der Waals surface area (Å²) in [5.74, 6) is 0.251. The van der Waals surface area contributed by atoms with Crippen molar-refractivity contribution in [2.45, 2.75) is 73.3 Å². The van der Waals surface area contributed by atoms with Gasteiger partial charge in [-0.05, 0) is 83.3 Å². The zero-order chi connectivity index (χ0) is 30.7. The number of pyridine rings is 1. The predicted molar refractivity (Wildman–Crippen MR) is 172 cm³/mol. The van der Waals surface area contributed by atoms with E-state index in [2.05, 4.69) is 22.1 Å². The first-order chi connectivity index (χ1) is 19.0. The van der Waals surface area contributed by atoms with Gasteiger partial charge in [-0.25, -0.2) is 4.79 Å².